The first-order valence-corrected chi connectivity index (χ1v) is 3.70. The van der Waals surface area contributed by atoms with E-state index in [-0.39, 0.29) is 11.3 Å². The molecule has 0 saturated carbocycles. The van der Waals surface area contributed by atoms with Gasteiger partial charge in [0.15, 0.2) is 0 Å². The molecule has 0 aliphatic heterocycles. The van der Waals surface area contributed by atoms with E-state index in [1.54, 1.807) is 0 Å². The highest BCUT2D eigenvalue weighted by atomic mass is 16.6. The summed E-state index contributed by atoms with van der Waals surface area (Å²) in [6.45, 7) is 3.42. The molecular weight excluding hydrogens is 186 g/mol. The van der Waals surface area contributed by atoms with Gasteiger partial charge in [-0.3, -0.25) is 10.1 Å². The van der Waals surface area contributed by atoms with Gasteiger partial charge in [-0.25, -0.2) is 4.79 Å². The van der Waals surface area contributed by atoms with Crippen LogP contribution in [-0.2, 0) is 0 Å². The number of rotatable bonds is 3. The SMILES string of the molecule is C=Cc1ccc([N+](=O)[O-])cc1C(=O)O. The van der Waals surface area contributed by atoms with Crippen LogP contribution < -0.4 is 0 Å². The number of aromatic carboxylic acids is 1. The van der Waals surface area contributed by atoms with Crippen LogP contribution in [-0.4, -0.2) is 16.0 Å². The molecule has 1 rings (SSSR count). The lowest BCUT2D eigenvalue weighted by Gasteiger charge is -1.99. The fourth-order valence-corrected chi connectivity index (χ4v) is 1.02. The summed E-state index contributed by atoms with van der Waals surface area (Å²) in [4.78, 5) is 20.4. The van der Waals surface area contributed by atoms with Gasteiger partial charge in [-0.05, 0) is 11.6 Å². The van der Waals surface area contributed by atoms with Gasteiger partial charge in [0.2, 0.25) is 0 Å². The Hall–Kier alpha value is -2.17. The second kappa shape index (κ2) is 3.69. The highest BCUT2D eigenvalue weighted by Crippen LogP contribution is 2.18. The summed E-state index contributed by atoms with van der Waals surface area (Å²) in [5.41, 5.74) is 0.00491. The summed E-state index contributed by atoms with van der Waals surface area (Å²) in [5.74, 6) is -1.20. The number of benzene rings is 1. The lowest BCUT2D eigenvalue weighted by Crippen LogP contribution is -2.00. The van der Waals surface area contributed by atoms with Crippen LogP contribution in [0.3, 0.4) is 0 Å². The number of carboxylic acid groups (broad SMARTS) is 1. The van der Waals surface area contributed by atoms with E-state index in [2.05, 4.69) is 6.58 Å². The number of nitro groups is 1. The molecule has 0 fully saturated rings. The third-order valence-corrected chi connectivity index (χ3v) is 1.70. The molecule has 0 spiro atoms. The highest BCUT2D eigenvalue weighted by molar-refractivity contribution is 5.92. The minimum atomic E-state index is -1.20. The van der Waals surface area contributed by atoms with Gasteiger partial charge in [0.05, 0.1) is 10.5 Å². The highest BCUT2D eigenvalue weighted by Gasteiger charge is 2.13. The van der Waals surface area contributed by atoms with Crippen molar-refractivity contribution >= 4 is 17.7 Å². The average Bonchev–Trinajstić information content (AvgIpc) is 2.16. The molecule has 1 aromatic rings. The maximum Gasteiger partial charge on any atom is 0.336 e. The number of hydrogen-bond donors (Lipinski definition) is 1. The molecule has 0 aliphatic carbocycles. The van der Waals surface area contributed by atoms with Gasteiger partial charge < -0.3 is 5.11 Å². The fraction of sp³-hybridized carbons (Fsp3) is 0. The lowest BCUT2D eigenvalue weighted by molar-refractivity contribution is -0.384. The first kappa shape index (κ1) is 9.91. The molecule has 5 nitrogen and oxygen atoms in total. The molecule has 0 aliphatic rings. The zero-order valence-electron chi connectivity index (χ0n) is 7.14. The largest absolute Gasteiger partial charge is 0.478 e. The Labute approximate surface area is 79.4 Å². The van der Waals surface area contributed by atoms with Gasteiger partial charge in [-0.2, -0.15) is 0 Å². The molecule has 0 atom stereocenters. The summed E-state index contributed by atoms with van der Waals surface area (Å²) >= 11 is 0. The topological polar surface area (TPSA) is 80.4 Å². The molecule has 0 aromatic heterocycles. The van der Waals surface area contributed by atoms with Gasteiger partial charge in [0.1, 0.15) is 0 Å². The van der Waals surface area contributed by atoms with Crippen molar-refractivity contribution in [3.8, 4) is 0 Å². The molecule has 72 valence electrons. The zero-order chi connectivity index (χ0) is 10.7. The van der Waals surface area contributed by atoms with E-state index in [1.165, 1.54) is 18.2 Å². The smallest absolute Gasteiger partial charge is 0.336 e. The Morgan fingerprint density at radius 1 is 1.57 bits per heavy atom. The van der Waals surface area contributed by atoms with Crippen LogP contribution in [0.4, 0.5) is 5.69 Å². The summed E-state index contributed by atoms with van der Waals surface area (Å²) in [5, 5.41) is 19.1. The van der Waals surface area contributed by atoms with Crippen LogP contribution in [0.15, 0.2) is 24.8 Å². The van der Waals surface area contributed by atoms with E-state index >= 15 is 0 Å². The molecule has 0 radical (unpaired) electrons. The number of hydrogen-bond acceptors (Lipinski definition) is 3. The van der Waals surface area contributed by atoms with Gasteiger partial charge in [-0.1, -0.05) is 12.7 Å². The van der Waals surface area contributed by atoms with Crippen molar-refractivity contribution in [1.82, 2.24) is 0 Å². The first-order valence-electron chi connectivity index (χ1n) is 3.70. The third kappa shape index (κ3) is 1.77. The maximum atomic E-state index is 10.7. The normalized spacial score (nSPS) is 9.43. The monoisotopic (exact) mass is 193 g/mol. The van der Waals surface area contributed by atoms with E-state index < -0.39 is 10.9 Å². The van der Waals surface area contributed by atoms with Gasteiger partial charge in [0.25, 0.3) is 5.69 Å². The van der Waals surface area contributed by atoms with E-state index in [4.69, 9.17) is 5.11 Å². The molecule has 0 bridgehead atoms. The molecule has 0 unspecified atom stereocenters. The van der Waals surface area contributed by atoms with Crippen LogP contribution in [0.5, 0.6) is 0 Å². The summed E-state index contributed by atoms with van der Waals surface area (Å²) < 4.78 is 0. The lowest BCUT2D eigenvalue weighted by atomic mass is 10.1. The van der Waals surface area contributed by atoms with Crippen LogP contribution in [0.1, 0.15) is 15.9 Å². The Bertz CT molecular complexity index is 411. The van der Waals surface area contributed by atoms with Crippen molar-refractivity contribution in [3.05, 3.63) is 46.0 Å². The van der Waals surface area contributed by atoms with Gasteiger partial charge in [0, 0.05) is 12.1 Å². The molecule has 14 heavy (non-hydrogen) atoms. The van der Waals surface area contributed by atoms with E-state index in [1.807, 2.05) is 0 Å². The molecule has 1 N–H and O–H groups in total. The predicted molar refractivity (Wildman–Crippen MR) is 50.1 cm³/mol. The molecule has 0 amide bonds. The standard InChI is InChI=1S/C9H7NO4/c1-2-6-3-4-7(10(13)14)5-8(6)9(11)12/h2-5H,1H2,(H,11,12). The number of carboxylic acids is 1. The molecule has 0 saturated heterocycles. The Kier molecular flexibility index (Phi) is 2.62. The van der Waals surface area contributed by atoms with Gasteiger partial charge in [-0.15, -0.1) is 0 Å². The van der Waals surface area contributed by atoms with Crippen molar-refractivity contribution in [1.29, 1.82) is 0 Å². The van der Waals surface area contributed by atoms with Crippen LogP contribution >= 0.6 is 0 Å². The van der Waals surface area contributed by atoms with Crippen molar-refractivity contribution in [3.63, 3.8) is 0 Å². The van der Waals surface area contributed by atoms with Crippen LogP contribution in [0.2, 0.25) is 0 Å². The minimum Gasteiger partial charge on any atom is -0.478 e. The number of non-ortho nitro benzene ring substituents is 1. The van der Waals surface area contributed by atoms with Crippen molar-refractivity contribution in [2.75, 3.05) is 0 Å². The van der Waals surface area contributed by atoms with E-state index in [9.17, 15) is 14.9 Å². The zero-order valence-corrected chi connectivity index (χ0v) is 7.14. The third-order valence-electron chi connectivity index (χ3n) is 1.70. The predicted octanol–water partition coefficient (Wildman–Crippen LogP) is 1.94. The van der Waals surface area contributed by atoms with E-state index in [0.29, 0.717) is 5.56 Å². The first-order chi connectivity index (χ1) is 6.56. The van der Waals surface area contributed by atoms with Crippen LogP contribution in [0, 0.1) is 10.1 Å². The summed E-state index contributed by atoms with van der Waals surface area (Å²) in [6.07, 6.45) is 1.34. The quantitative estimate of drug-likeness (QED) is 0.587. The van der Waals surface area contributed by atoms with Crippen molar-refractivity contribution in [2.45, 2.75) is 0 Å². The Balaban J connectivity index is 3.34. The number of nitrogens with zero attached hydrogens (tertiary/aromatic N) is 1. The molecule has 5 heteroatoms. The maximum absolute atomic E-state index is 10.7. The van der Waals surface area contributed by atoms with E-state index in [0.717, 1.165) is 6.07 Å². The fourth-order valence-electron chi connectivity index (χ4n) is 1.02. The second-order valence-electron chi connectivity index (χ2n) is 2.54. The Morgan fingerprint density at radius 2 is 2.21 bits per heavy atom. The second-order valence-corrected chi connectivity index (χ2v) is 2.54. The van der Waals surface area contributed by atoms with Crippen LogP contribution in [0.25, 0.3) is 6.08 Å². The Morgan fingerprint density at radius 3 is 2.64 bits per heavy atom. The number of carbonyl (C=O) groups is 1. The minimum absolute atomic E-state index is 0.116. The number of nitro benzene ring substituents is 1. The van der Waals surface area contributed by atoms with Crippen molar-refractivity contribution in [2.24, 2.45) is 0 Å². The molecule has 0 heterocycles. The molecule has 1 aromatic carbocycles. The van der Waals surface area contributed by atoms with Gasteiger partial charge >= 0.3 is 5.97 Å². The summed E-state index contributed by atoms with van der Waals surface area (Å²) in [7, 11) is 0. The summed E-state index contributed by atoms with van der Waals surface area (Å²) in [6, 6.07) is 3.61. The van der Waals surface area contributed by atoms with Crippen molar-refractivity contribution < 1.29 is 14.8 Å². The molecular formula is C9H7NO4. The average molecular weight is 193 g/mol.